The molecule has 2 aliphatic heterocycles. The maximum atomic E-state index is 11.8. The third-order valence-corrected chi connectivity index (χ3v) is 6.37. The number of hydrogen-bond acceptors (Lipinski definition) is 3. The standard InChI is InChI=1S/C17H21N3O2S/c1-13-5-6-15-14(12-13)18-17(16-4-3-9-20(15)16)7-10-19(11-8-17)23(2,21)22/h3-6,9,12,18H,7-8,10-11H2,1-2H3. The summed E-state index contributed by atoms with van der Waals surface area (Å²) >= 11 is 0. The molecule has 5 nitrogen and oxygen atoms in total. The number of fused-ring (bicyclic) bond motifs is 4. The molecule has 122 valence electrons. The van der Waals surface area contributed by atoms with E-state index in [9.17, 15) is 8.42 Å². The van der Waals surface area contributed by atoms with Gasteiger partial charge >= 0.3 is 0 Å². The summed E-state index contributed by atoms with van der Waals surface area (Å²) in [7, 11) is -3.11. The fourth-order valence-corrected chi connectivity index (χ4v) is 4.69. The predicted molar refractivity (Wildman–Crippen MR) is 91.5 cm³/mol. The van der Waals surface area contributed by atoms with Gasteiger partial charge in [0, 0.05) is 25.0 Å². The second-order valence-corrected chi connectivity index (χ2v) is 8.64. The number of rotatable bonds is 1. The molecule has 0 bridgehead atoms. The van der Waals surface area contributed by atoms with Crippen LogP contribution in [-0.2, 0) is 15.6 Å². The van der Waals surface area contributed by atoms with Gasteiger partial charge in [-0.2, -0.15) is 0 Å². The highest BCUT2D eigenvalue weighted by Gasteiger charge is 2.42. The second-order valence-electron chi connectivity index (χ2n) is 6.65. The van der Waals surface area contributed by atoms with Crippen LogP contribution in [0.5, 0.6) is 0 Å². The van der Waals surface area contributed by atoms with E-state index in [1.165, 1.54) is 17.5 Å². The summed E-state index contributed by atoms with van der Waals surface area (Å²) in [5.41, 5.74) is 4.54. The molecule has 3 heterocycles. The summed E-state index contributed by atoms with van der Waals surface area (Å²) in [5.74, 6) is 0. The highest BCUT2D eigenvalue weighted by molar-refractivity contribution is 7.88. The zero-order valence-electron chi connectivity index (χ0n) is 13.4. The normalized spacial score (nSPS) is 19.9. The van der Waals surface area contributed by atoms with Crippen LogP contribution in [0.25, 0.3) is 5.69 Å². The Bertz CT molecular complexity index is 862. The fraction of sp³-hybridized carbons (Fsp3) is 0.412. The van der Waals surface area contributed by atoms with Gasteiger partial charge in [-0.3, -0.25) is 0 Å². The van der Waals surface area contributed by atoms with Crippen LogP contribution < -0.4 is 5.32 Å². The molecule has 23 heavy (non-hydrogen) atoms. The van der Waals surface area contributed by atoms with Crippen LogP contribution in [0.1, 0.15) is 24.1 Å². The van der Waals surface area contributed by atoms with E-state index in [1.807, 2.05) is 0 Å². The van der Waals surface area contributed by atoms with Crippen molar-refractivity contribution in [3.8, 4) is 5.69 Å². The van der Waals surface area contributed by atoms with Crippen LogP contribution in [0, 0.1) is 6.92 Å². The van der Waals surface area contributed by atoms with Gasteiger partial charge in [-0.1, -0.05) is 6.07 Å². The summed E-state index contributed by atoms with van der Waals surface area (Å²) in [4.78, 5) is 0. The van der Waals surface area contributed by atoms with E-state index in [-0.39, 0.29) is 5.54 Å². The van der Waals surface area contributed by atoms with Gasteiger partial charge in [-0.15, -0.1) is 0 Å². The van der Waals surface area contributed by atoms with Crippen molar-refractivity contribution in [1.29, 1.82) is 0 Å². The maximum Gasteiger partial charge on any atom is 0.211 e. The monoisotopic (exact) mass is 331 g/mol. The average Bonchev–Trinajstić information content (AvgIpc) is 2.97. The van der Waals surface area contributed by atoms with Gasteiger partial charge < -0.3 is 9.88 Å². The molecule has 1 fully saturated rings. The van der Waals surface area contributed by atoms with E-state index >= 15 is 0 Å². The Morgan fingerprint density at radius 1 is 1.17 bits per heavy atom. The first kappa shape index (κ1) is 14.8. The fourth-order valence-electron chi connectivity index (χ4n) is 3.84. The van der Waals surface area contributed by atoms with E-state index in [1.54, 1.807) is 4.31 Å². The molecule has 1 aromatic carbocycles. The largest absolute Gasteiger partial charge is 0.372 e. The summed E-state index contributed by atoms with van der Waals surface area (Å²) in [6.45, 7) is 3.20. The average molecular weight is 331 g/mol. The molecule has 4 rings (SSSR count). The van der Waals surface area contributed by atoms with Crippen molar-refractivity contribution < 1.29 is 8.42 Å². The molecule has 2 aliphatic rings. The first-order chi connectivity index (χ1) is 10.9. The van der Waals surface area contributed by atoms with Gasteiger partial charge in [0.2, 0.25) is 10.0 Å². The molecule has 1 N–H and O–H groups in total. The third-order valence-electron chi connectivity index (χ3n) is 5.07. The molecular weight excluding hydrogens is 310 g/mol. The van der Waals surface area contributed by atoms with E-state index in [2.05, 4.69) is 53.3 Å². The van der Waals surface area contributed by atoms with Crippen LogP contribution in [-0.4, -0.2) is 36.6 Å². The van der Waals surface area contributed by atoms with Gasteiger partial charge in [-0.25, -0.2) is 12.7 Å². The molecule has 0 amide bonds. The van der Waals surface area contributed by atoms with Gasteiger partial charge in [0.1, 0.15) is 0 Å². The molecule has 0 aliphatic carbocycles. The number of anilines is 1. The first-order valence-corrected chi connectivity index (χ1v) is 9.76. The molecule has 2 aromatic rings. The lowest BCUT2D eigenvalue weighted by atomic mass is 9.83. The van der Waals surface area contributed by atoms with Crippen molar-refractivity contribution in [1.82, 2.24) is 8.87 Å². The smallest absolute Gasteiger partial charge is 0.211 e. The van der Waals surface area contributed by atoms with Crippen LogP contribution >= 0.6 is 0 Å². The summed E-state index contributed by atoms with van der Waals surface area (Å²) in [6, 6.07) is 10.6. The number of aryl methyl sites for hydroxylation is 1. The molecular formula is C17H21N3O2S. The van der Waals surface area contributed by atoms with Crippen LogP contribution in [0.4, 0.5) is 5.69 Å². The lowest BCUT2D eigenvalue weighted by Gasteiger charge is -2.45. The first-order valence-electron chi connectivity index (χ1n) is 7.91. The predicted octanol–water partition coefficient (Wildman–Crippen LogP) is 2.46. The Morgan fingerprint density at radius 3 is 2.61 bits per heavy atom. The molecule has 1 spiro atoms. The zero-order chi connectivity index (χ0) is 16.2. The van der Waals surface area contributed by atoms with Crippen molar-refractivity contribution in [2.45, 2.75) is 25.3 Å². The Balaban J connectivity index is 1.75. The summed E-state index contributed by atoms with van der Waals surface area (Å²) < 4.78 is 27.4. The maximum absolute atomic E-state index is 11.8. The number of aromatic nitrogens is 1. The molecule has 0 unspecified atom stereocenters. The minimum atomic E-state index is -3.11. The van der Waals surface area contributed by atoms with Crippen molar-refractivity contribution >= 4 is 15.7 Å². The molecule has 0 saturated carbocycles. The lowest BCUT2D eigenvalue weighted by Crippen LogP contribution is -2.50. The molecule has 1 aromatic heterocycles. The Labute approximate surface area is 137 Å². The number of benzene rings is 1. The van der Waals surface area contributed by atoms with Gasteiger partial charge in [0.15, 0.2) is 0 Å². The van der Waals surface area contributed by atoms with Crippen LogP contribution in [0.2, 0.25) is 0 Å². The third kappa shape index (κ3) is 2.28. The SMILES string of the molecule is Cc1ccc2c(c1)NC1(CCN(S(C)(=O)=O)CC1)c1cccn1-2. The highest BCUT2D eigenvalue weighted by atomic mass is 32.2. The van der Waals surface area contributed by atoms with E-state index in [0.29, 0.717) is 13.1 Å². The minimum absolute atomic E-state index is 0.189. The number of nitrogens with one attached hydrogen (secondary N) is 1. The van der Waals surface area contributed by atoms with Crippen molar-refractivity contribution in [3.05, 3.63) is 47.8 Å². The van der Waals surface area contributed by atoms with Crippen LogP contribution in [0.3, 0.4) is 0 Å². The summed E-state index contributed by atoms with van der Waals surface area (Å²) in [6.07, 6.45) is 4.94. The van der Waals surface area contributed by atoms with E-state index < -0.39 is 10.0 Å². The highest BCUT2D eigenvalue weighted by Crippen LogP contribution is 2.43. The molecule has 0 atom stereocenters. The Morgan fingerprint density at radius 2 is 1.91 bits per heavy atom. The van der Waals surface area contributed by atoms with Crippen LogP contribution in [0.15, 0.2) is 36.5 Å². The Kier molecular flexibility index (Phi) is 3.12. The second kappa shape index (κ2) is 4.85. The minimum Gasteiger partial charge on any atom is -0.372 e. The molecule has 1 saturated heterocycles. The summed E-state index contributed by atoms with van der Waals surface area (Å²) in [5, 5.41) is 3.73. The topological polar surface area (TPSA) is 54.3 Å². The number of nitrogens with zero attached hydrogens (tertiary/aromatic N) is 2. The molecule has 0 radical (unpaired) electrons. The Hall–Kier alpha value is -1.79. The number of piperidine rings is 1. The molecule has 6 heteroatoms. The zero-order valence-corrected chi connectivity index (χ0v) is 14.2. The van der Waals surface area contributed by atoms with Crippen molar-refractivity contribution in [2.75, 3.05) is 24.7 Å². The quantitative estimate of drug-likeness (QED) is 0.873. The number of sulfonamides is 1. The lowest BCUT2D eigenvalue weighted by molar-refractivity contribution is 0.248. The van der Waals surface area contributed by atoms with Crippen molar-refractivity contribution in [2.24, 2.45) is 0 Å². The van der Waals surface area contributed by atoms with Gasteiger partial charge in [0.25, 0.3) is 0 Å². The van der Waals surface area contributed by atoms with Gasteiger partial charge in [-0.05, 0) is 49.6 Å². The van der Waals surface area contributed by atoms with E-state index in [0.717, 1.165) is 24.2 Å². The van der Waals surface area contributed by atoms with E-state index in [4.69, 9.17) is 0 Å². The van der Waals surface area contributed by atoms with Gasteiger partial charge in [0.05, 0.1) is 23.2 Å². The number of hydrogen-bond donors (Lipinski definition) is 1. The van der Waals surface area contributed by atoms with Crippen molar-refractivity contribution in [3.63, 3.8) is 0 Å².